The normalized spacial score (nSPS) is 16.2. The second-order valence-corrected chi connectivity index (χ2v) is 16.7. The van der Waals surface area contributed by atoms with Crippen LogP contribution in [0.1, 0.15) is 40.3 Å². The maximum absolute atomic E-state index is 5.17. The molecule has 3 aliphatic rings. The summed E-state index contributed by atoms with van der Waals surface area (Å²) in [7, 11) is 0. The maximum atomic E-state index is 5.17. The first-order chi connectivity index (χ1) is 30.7. The minimum Gasteiger partial charge on any atom is -0.380 e. The summed E-state index contributed by atoms with van der Waals surface area (Å²) in [5, 5.41) is 3.55. The van der Waals surface area contributed by atoms with Crippen molar-refractivity contribution in [1.82, 2.24) is 30.2 Å². The lowest BCUT2D eigenvalue weighted by molar-refractivity contribution is 0.690. The molecule has 1 atom stereocenters. The van der Waals surface area contributed by atoms with Crippen LogP contribution in [0.2, 0.25) is 0 Å². The van der Waals surface area contributed by atoms with Gasteiger partial charge in [-0.25, -0.2) is 19.9 Å². The van der Waals surface area contributed by atoms with E-state index in [9.17, 15) is 0 Å². The van der Waals surface area contributed by atoms with Crippen LogP contribution in [-0.2, 0) is 5.41 Å². The van der Waals surface area contributed by atoms with Gasteiger partial charge in [-0.15, -0.1) is 0 Å². The van der Waals surface area contributed by atoms with E-state index < -0.39 is 5.41 Å². The number of aromatic nitrogens is 5. The molecule has 0 bridgehead atoms. The molecule has 62 heavy (non-hydrogen) atoms. The summed E-state index contributed by atoms with van der Waals surface area (Å²) in [6, 6.07) is 59.6. The van der Waals surface area contributed by atoms with Gasteiger partial charge in [0.05, 0.1) is 28.2 Å². The third kappa shape index (κ3) is 6.86. The molecular weight excluding hydrogens is 777 g/mol. The van der Waals surface area contributed by atoms with E-state index in [4.69, 9.17) is 24.9 Å². The van der Waals surface area contributed by atoms with Crippen molar-refractivity contribution >= 4 is 17.5 Å². The molecule has 0 amide bonds. The first kappa shape index (κ1) is 37.5. The lowest BCUT2D eigenvalue weighted by Gasteiger charge is -2.45. The Morgan fingerprint density at radius 2 is 1.18 bits per heavy atom. The molecule has 7 heteroatoms. The quantitative estimate of drug-likeness (QED) is 0.164. The van der Waals surface area contributed by atoms with Crippen LogP contribution in [0.25, 0.3) is 51.2 Å². The molecule has 11 rings (SSSR count). The van der Waals surface area contributed by atoms with Gasteiger partial charge in [-0.3, -0.25) is 4.98 Å². The van der Waals surface area contributed by atoms with Gasteiger partial charge in [0.25, 0.3) is 0 Å². The van der Waals surface area contributed by atoms with Crippen LogP contribution in [0.3, 0.4) is 0 Å². The number of rotatable bonds is 8. The maximum Gasteiger partial charge on any atom is 0.164 e. The van der Waals surface area contributed by atoms with E-state index in [0.29, 0.717) is 17.5 Å². The highest BCUT2D eigenvalue weighted by Gasteiger charge is 2.47. The molecule has 5 aromatic carbocycles. The number of pyridine rings is 2. The average Bonchev–Trinajstić information content (AvgIpc) is 3.36. The predicted molar refractivity (Wildman–Crippen MR) is 251 cm³/mol. The minimum atomic E-state index is -0.668. The van der Waals surface area contributed by atoms with Crippen molar-refractivity contribution < 1.29 is 0 Å². The lowest BCUT2D eigenvalue weighted by Crippen LogP contribution is -2.36. The number of hydrogen-bond acceptors (Lipinski definition) is 7. The molecule has 5 heterocycles. The number of allylic oxidation sites excluding steroid dienone is 5. The van der Waals surface area contributed by atoms with Crippen molar-refractivity contribution in [1.29, 1.82) is 0 Å². The van der Waals surface area contributed by atoms with E-state index in [1.807, 2.05) is 72.6 Å². The van der Waals surface area contributed by atoms with Crippen LogP contribution in [0, 0.1) is 0 Å². The Bertz CT molecular complexity index is 2960. The molecule has 0 fully saturated rings. The highest BCUT2D eigenvalue weighted by molar-refractivity contribution is 8.03. The van der Waals surface area contributed by atoms with Gasteiger partial charge in [0.1, 0.15) is 0 Å². The van der Waals surface area contributed by atoms with Gasteiger partial charge in [-0.05, 0) is 76.7 Å². The van der Waals surface area contributed by atoms with E-state index in [0.717, 1.165) is 52.4 Å². The van der Waals surface area contributed by atoms with E-state index in [1.54, 1.807) is 0 Å². The van der Waals surface area contributed by atoms with E-state index in [1.165, 1.54) is 37.6 Å². The number of dihydropyridines is 1. The zero-order valence-corrected chi connectivity index (χ0v) is 34.6. The minimum absolute atomic E-state index is 0.0696. The number of fused-ring (bicyclic) bond motifs is 2. The first-order valence-corrected chi connectivity index (χ1v) is 21.8. The lowest BCUT2D eigenvalue weighted by atomic mass is 9.62. The largest absolute Gasteiger partial charge is 0.380 e. The van der Waals surface area contributed by atoms with E-state index >= 15 is 0 Å². The predicted octanol–water partition coefficient (Wildman–Crippen LogP) is 12.3. The zero-order valence-electron chi connectivity index (χ0n) is 33.8. The molecular formula is C55H40N6S. The fourth-order valence-corrected chi connectivity index (χ4v) is 10.1. The third-order valence-corrected chi connectivity index (χ3v) is 13.0. The van der Waals surface area contributed by atoms with Gasteiger partial charge in [-0.2, -0.15) is 0 Å². The highest BCUT2D eigenvalue weighted by atomic mass is 32.2. The van der Waals surface area contributed by atoms with Crippen LogP contribution < -0.4 is 5.32 Å². The fraction of sp³-hybridized carbons (Fsp3) is 0.0727. The van der Waals surface area contributed by atoms with Crippen LogP contribution in [-0.4, -0.2) is 31.5 Å². The van der Waals surface area contributed by atoms with Gasteiger partial charge >= 0.3 is 0 Å². The molecule has 296 valence electrons. The summed E-state index contributed by atoms with van der Waals surface area (Å²) >= 11 is 1.85. The van der Waals surface area contributed by atoms with Gasteiger partial charge in [0.2, 0.25) is 0 Å². The number of benzene rings is 5. The van der Waals surface area contributed by atoms with Crippen LogP contribution in [0.15, 0.2) is 222 Å². The van der Waals surface area contributed by atoms with Crippen molar-refractivity contribution in [2.45, 2.75) is 22.6 Å². The Kier molecular flexibility index (Phi) is 9.79. The van der Waals surface area contributed by atoms with Gasteiger partial charge < -0.3 is 5.32 Å². The second kappa shape index (κ2) is 16.2. The van der Waals surface area contributed by atoms with E-state index in [2.05, 4.69) is 151 Å². The number of nitrogens with zero attached hydrogens (tertiary/aromatic N) is 5. The van der Waals surface area contributed by atoms with Crippen LogP contribution in [0.4, 0.5) is 0 Å². The molecule has 1 N–H and O–H groups in total. The topological polar surface area (TPSA) is 76.5 Å². The summed E-state index contributed by atoms with van der Waals surface area (Å²) < 4.78 is 0. The Balaban J connectivity index is 1.13. The fourth-order valence-electron chi connectivity index (χ4n) is 8.94. The zero-order chi connectivity index (χ0) is 41.3. The molecule has 0 saturated carbocycles. The Morgan fingerprint density at radius 1 is 0.565 bits per heavy atom. The van der Waals surface area contributed by atoms with Crippen molar-refractivity contribution in [2.75, 3.05) is 6.54 Å². The standard InChI is InChI=1S/C55H40N6S/c1-5-17-37(18-6-1)52-59-53(38-19-7-2-8-20-38)61-54(60-52)40-28-30-51-45(34-40)55(42-21-9-3-10-22-42,43-23-11-4-12-24-43)44-33-39(27-29-50(44)62-51)41-35-48(46-25-13-15-31-56-46)58-49(36-41)47-26-14-16-32-57-47/h1-26,28-31,33-36,39,57H,27,32H2. The van der Waals surface area contributed by atoms with E-state index in [-0.39, 0.29) is 5.92 Å². The van der Waals surface area contributed by atoms with Crippen LogP contribution >= 0.6 is 11.8 Å². The average molecular weight is 817 g/mol. The van der Waals surface area contributed by atoms with Crippen molar-refractivity contribution in [3.8, 4) is 45.6 Å². The van der Waals surface area contributed by atoms with Crippen molar-refractivity contribution in [3.05, 3.63) is 245 Å². The molecule has 8 aromatic rings. The second-order valence-electron chi connectivity index (χ2n) is 15.6. The third-order valence-electron chi connectivity index (χ3n) is 11.9. The molecule has 1 aliphatic carbocycles. The molecule has 0 saturated heterocycles. The molecule has 0 spiro atoms. The smallest absolute Gasteiger partial charge is 0.164 e. The monoisotopic (exact) mass is 816 g/mol. The SMILES string of the molecule is C1=CCNC(c2cc(C3C=C4C(=CC3)Sc3ccc(-c5nc(-c6ccccc6)nc(-c6ccccc6)n5)cc3C4(c3ccccc3)c3ccccc3)cc(-c3ccccn3)n2)=C1. The molecule has 3 aromatic heterocycles. The van der Waals surface area contributed by atoms with Crippen LogP contribution in [0.5, 0.6) is 0 Å². The van der Waals surface area contributed by atoms with Gasteiger partial charge in [-0.1, -0.05) is 170 Å². The first-order valence-electron chi connectivity index (χ1n) is 21.0. The molecule has 1 unspecified atom stereocenters. The number of nitrogens with one attached hydrogen (secondary N) is 1. The highest BCUT2D eigenvalue weighted by Crippen LogP contribution is 2.60. The number of hydrogen-bond donors (Lipinski definition) is 1. The summed E-state index contributed by atoms with van der Waals surface area (Å²) in [6.07, 6.45) is 14.0. The Labute approximate surface area is 365 Å². The van der Waals surface area contributed by atoms with Gasteiger partial charge in [0, 0.05) is 45.2 Å². The molecule has 6 nitrogen and oxygen atoms in total. The summed E-state index contributed by atoms with van der Waals surface area (Å²) in [5.74, 6) is 1.97. The van der Waals surface area contributed by atoms with Gasteiger partial charge in [0.15, 0.2) is 17.5 Å². The Hall–Kier alpha value is -7.48. The van der Waals surface area contributed by atoms with Crippen molar-refractivity contribution in [2.24, 2.45) is 0 Å². The summed E-state index contributed by atoms with van der Waals surface area (Å²) in [6.45, 7) is 0.761. The summed E-state index contributed by atoms with van der Waals surface area (Å²) in [5.41, 5.74) is 11.8. The Morgan fingerprint density at radius 3 is 1.79 bits per heavy atom. The molecule has 0 radical (unpaired) electrons. The van der Waals surface area contributed by atoms with Crippen molar-refractivity contribution in [3.63, 3.8) is 0 Å². The summed E-state index contributed by atoms with van der Waals surface area (Å²) in [4.78, 5) is 27.7. The number of thioether (sulfide) groups is 1. The molecule has 2 aliphatic heterocycles.